The molecule has 1 aliphatic carbocycles. The van der Waals surface area contributed by atoms with Gasteiger partial charge in [-0.3, -0.25) is 4.90 Å². The van der Waals surface area contributed by atoms with Crippen LogP contribution in [0.4, 0.5) is 0 Å². The van der Waals surface area contributed by atoms with Crippen molar-refractivity contribution in [2.45, 2.75) is 82.8 Å². The molecule has 3 fully saturated rings. The summed E-state index contributed by atoms with van der Waals surface area (Å²) < 4.78 is 5.94. The second-order valence-corrected chi connectivity index (χ2v) is 8.51. The fraction of sp³-hybridized carbons (Fsp3) is 1.00. The molecule has 0 aromatic rings. The topological polar surface area (TPSA) is 38.5 Å². The van der Waals surface area contributed by atoms with Gasteiger partial charge in [0.1, 0.15) is 0 Å². The van der Waals surface area contributed by atoms with Gasteiger partial charge in [0.05, 0.1) is 5.60 Å². The van der Waals surface area contributed by atoms with Crippen LogP contribution in [0.5, 0.6) is 0 Å². The predicted molar refractivity (Wildman–Crippen MR) is 87.4 cm³/mol. The Morgan fingerprint density at radius 3 is 2.19 bits per heavy atom. The molecule has 0 amide bonds. The van der Waals surface area contributed by atoms with Gasteiger partial charge >= 0.3 is 0 Å². The maximum Gasteiger partial charge on any atom is 0.0644 e. The first-order valence-corrected chi connectivity index (χ1v) is 9.09. The van der Waals surface area contributed by atoms with Crippen LogP contribution >= 0.6 is 0 Å². The Bertz CT molecular complexity index is 352. The maximum absolute atomic E-state index is 6.26. The summed E-state index contributed by atoms with van der Waals surface area (Å²) in [6, 6.07) is 0. The van der Waals surface area contributed by atoms with E-state index in [9.17, 15) is 0 Å². The third kappa shape index (κ3) is 3.16. The molecule has 2 heterocycles. The van der Waals surface area contributed by atoms with Gasteiger partial charge in [-0.25, -0.2) is 0 Å². The molecule has 3 heteroatoms. The van der Waals surface area contributed by atoms with Gasteiger partial charge < -0.3 is 10.5 Å². The van der Waals surface area contributed by atoms with Crippen LogP contribution in [0.2, 0.25) is 0 Å². The molecular formula is C18H34N2O. The molecule has 2 aliphatic heterocycles. The van der Waals surface area contributed by atoms with Crippen LogP contribution in [0.3, 0.4) is 0 Å². The number of likely N-dealkylation sites (tertiary alicyclic amines) is 1. The first-order valence-electron chi connectivity index (χ1n) is 9.09. The number of hydrogen-bond acceptors (Lipinski definition) is 3. The second-order valence-electron chi connectivity index (χ2n) is 8.51. The summed E-state index contributed by atoms with van der Waals surface area (Å²) in [7, 11) is 0. The zero-order valence-electron chi connectivity index (χ0n) is 14.1. The number of nitrogens with zero attached hydrogens (tertiary/aromatic N) is 1. The fourth-order valence-electron chi connectivity index (χ4n) is 5.28. The molecule has 1 unspecified atom stereocenters. The van der Waals surface area contributed by atoms with E-state index in [4.69, 9.17) is 10.5 Å². The molecule has 1 atom stereocenters. The lowest BCUT2D eigenvalue weighted by molar-refractivity contribution is -0.128. The highest BCUT2D eigenvalue weighted by molar-refractivity contribution is 5.02. The molecule has 122 valence electrons. The minimum atomic E-state index is -0.0163. The van der Waals surface area contributed by atoms with Crippen LogP contribution < -0.4 is 5.73 Å². The van der Waals surface area contributed by atoms with Crippen molar-refractivity contribution in [3.05, 3.63) is 0 Å². The van der Waals surface area contributed by atoms with Gasteiger partial charge in [0.25, 0.3) is 0 Å². The molecule has 3 aliphatic rings. The van der Waals surface area contributed by atoms with Crippen LogP contribution in [0.15, 0.2) is 0 Å². The highest BCUT2D eigenvalue weighted by Crippen LogP contribution is 2.47. The first kappa shape index (κ1) is 15.8. The third-order valence-electron chi connectivity index (χ3n) is 6.60. The normalized spacial score (nSPS) is 36.7. The van der Waals surface area contributed by atoms with Crippen LogP contribution in [0, 0.1) is 5.41 Å². The summed E-state index contributed by atoms with van der Waals surface area (Å²) in [5.74, 6) is 0. The summed E-state index contributed by atoms with van der Waals surface area (Å²) >= 11 is 0. The smallest absolute Gasteiger partial charge is 0.0644 e. The quantitative estimate of drug-likeness (QED) is 0.849. The van der Waals surface area contributed by atoms with Crippen molar-refractivity contribution in [2.75, 3.05) is 26.2 Å². The Kier molecular flexibility index (Phi) is 4.37. The van der Waals surface area contributed by atoms with E-state index in [1.165, 1.54) is 58.0 Å². The van der Waals surface area contributed by atoms with Gasteiger partial charge in [0.15, 0.2) is 0 Å². The van der Waals surface area contributed by atoms with E-state index >= 15 is 0 Å². The van der Waals surface area contributed by atoms with Crippen molar-refractivity contribution in [1.82, 2.24) is 4.90 Å². The number of hydrogen-bond donors (Lipinski definition) is 1. The Morgan fingerprint density at radius 1 is 0.952 bits per heavy atom. The molecule has 1 spiro atoms. The van der Waals surface area contributed by atoms with E-state index in [1.807, 2.05) is 0 Å². The Morgan fingerprint density at radius 2 is 1.62 bits per heavy atom. The Balaban J connectivity index is 1.66. The van der Waals surface area contributed by atoms with Crippen LogP contribution in [0.1, 0.15) is 71.6 Å². The van der Waals surface area contributed by atoms with E-state index < -0.39 is 0 Å². The molecule has 3 nitrogen and oxygen atoms in total. The lowest BCUT2D eigenvalue weighted by Crippen LogP contribution is -2.62. The maximum atomic E-state index is 6.26. The molecule has 0 radical (unpaired) electrons. The molecule has 2 saturated heterocycles. The molecule has 0 bridgehead atoms. The lowest BCUT2D eigenvalue weighted by atomic mass is 9.67. The molecule has 21 heavy (non-hydrogen) atoms. The summed E-state index contributed by atoms with van der Waals surface area (Å²) in [5, 5.41) is 0. The number of nitrogens with two attached hydrogens (primary N) is 1. The van der Waals surface area contributed by atoms with Gasteiger partial charge in [-0.2, -0.15) is 0 Å². The fourth-order valence-corrected chi connectivity index (χ4v) is 5.28. The van der Waals surface area contributed by atoms with Gasteiger partial charge in [-0.15, -0.1) is 0 Å². The molecular weight excluding hydrogens is 260 g/mol. The van der Waals surface area contributed by atoms with Crippen LogP contribution in [-0.4, -0.2) is 42.3 Å². The largest absolute Gasteiger partial charge is 0.375 e. The van der Waals surface area contributed by atoms with Crippen LogP contribution in [0.25, 0.3) is 0 Å². The Hall–Kier alpha value is -0.120. The predicted octanol–water partition coefficient (Wildman–Crippen LogP) is 3.32. The standard InChI is InChI=1S/C18H34N2O/c1-16(2)14-18(15-19,10-13-21-16)20-11-8-17(9-12-20)6-4-3-5-7-17/h3-15,19H2,1-2H3. The summed E-state index contributed by atoms with van der Waals surface area (Å²) in [5.41, 5.74) is 7.12. The minimum Gasteiger partial charge on any atom is -0.375 e. The number of rotatable bonds is 2. The average Bonchev–Trinajstić information content (AvgIpc) is 2.47. The molecule has 0 aromatic carbocycles. The van der Waals surface area contributed by atoms with Gasteiger partial charge in [-0.1, -0.05) is 19.3 Å². The molecule has 1 saturated carbocycles. The SMILES string of the molecule is CC1(C)CC(CN)(N2CCC3(CCCCC3)CC2)CCO1. The number of ether oxygens (including phenoxy) is 1. The van der Waals surface area contributed by atoms with Crippen molar-refractivity contribution >= 4 is 0 Å². The third-order valence-corrected chi connectivity index (χ3v) is 6.60. The van der Waals surface area contributed by atoms with E-state index in [0.717, 1.165) is 26.0 Å². The van der Waals surface area contributed by atoms with E-state index in [-0.39, 0.29) is 11.1 Å². The average molecular weight is 294 g/mol. The van der Waals surface area contributed by atoms with Crippen molar-refractivity contribution in [2.24, 2.45) is 11.1 Å². The summed E-state index contributed by atoms with van der Waals surface area (Å²) in [4.78, 5) is 2.73. The Labute approximate surface area is 130 Å². The van der Waals surface area contributed by atoms with E-state index in [2.05, 4.69) is 18.7 Å². The summed E-state index contributed by atoms with van der Waals surface area (Å²) in [6.07, 6.45) is 12.3. The van der Waals surface area contributed by atoms with Gasteiger partial charge in [0.2, 0.25) is 0 Å². The first-order chi connectivity index (χ1) is 9.99. The molecule has 0 aromatic heterocycles. The minimum absolute atomic E-state index is 0.0163. The van der Waals surface area contributed by atoms with Crippen molar-refractivity contribution in [3.8, 4) is 0 Å². The van der Waals surface area contributed by atoms with Crippen LogP contribution in [-0.2, 0) is 4.74 Å². The van der Waals surface area contributed by atoms with E-state index in [0.29, 0.717) is 5.41 Å². The van der Waals surface area contributed by atoms with Crippen molar-refractivity contribution < 1.29 is 4.74 Å². The van der Waals surface area contributed by atoms with Crippen molar-refractivity contribution in [1.29, 1.82) is 0 Å². The van der Waals surface area contributed by atoms with Gasteiger partial charge in [0, 0.05) is 18.7 Å². The monoisotopic (exact) mass is 294 g/mol. The zero-order valence-corrected chi connectivity index (χ0v) is 14.1. The number of piperidine rings is 1. The molecule has 3 rings (SSSR count). The van der Waals surface area contributed by atoms with Gasteiger partial charge in [-0.05, 0) is 70.9 Å². The van der Waals surface area contributed by atoms with E-state index in [1.54, 1.807) is 0 Å². The zero-order chi connectivity index (χ0) is 15.0. The second kappa shape index (κ2) is 5.82. The highest BCUT2D eigenvalue weighted by Gasteiger charge is 2.47. The molecule has 2 N–H and O–H groups in total. The summed E-state index contributed by atoms with van der Waals surface area (Å²) in [6.45, 7) is 8.62. The van der Waals surface area contributed by atoms with Crippen molar-refractivity contribution in [3.63, 3.8) is 0 Å². The highest BCUT2D eigenvalue weighted by atomic mass is 16.5. The lowest BCUT2D eigenvalue weighted by Gasteiger charge is -2.55.